The first kappa shape index (κ1) is 38.5. The van der Waals surface area contributed by atoms with E-state index >= 15 is 0 Å². The standard InChI is InChI=1S/C61H40N6/c1-61(2)50-26-14-11-22-44(50)45-31-30-42(36-51(45)61)66-54-28-16-13-25-49(54)56-55(66)34-32-47-46-23-12-15-27-53(46)67(57(47)56)52-33-29-40(35-41(52)37-62)59-63-58(39-19-7-4-8-20-39)64-60(65-59)48-24-10-9-21-43(48)38-17-5-3-6-18-38/h3-36H,1-2H3. The molecule has 67 heavy (non-hydrogen) atoms. The summed E-state index contributed by atoms with van der Waals surface area (Å²) in [5.41, 5.74) is 16.5. The maximum Gasteiger partial charge on any atom is 0.164 e. The fourth-order valence-corrected chi connectivity index (χ4v) is 10.7. The first-order chi connectivity index (χ1) is 33.0. The van der Waals surface area contributed by atoms with Crippen molar-refractivity contribution in [2.24, 2.45) is 0 Å². The number of aromatic nitrogens is 5. The van der Waals surface area contributed by atoms with Gasteiger partial charge in [0, 0.05) is 49.3 Å². The van der Waals surface area contributed by atoms with Crippen molar-refractivity contribution in [3.05, 3.63) is 223 Å². The zero-order valence-corrected chi connectivity index (χ0v) is 36.8. The van der Waals surface area contributed by atoms with Gasteiger partial charge in [-0.05, 0) is 81.9 Å². The smallest absolute Gasteiger partial charge is 0.164 e. The number of para-hydroxylation sites is 2. The Kier molecular flexibility index (Phi) is 8.52. The van der Waals surface area contributed by atoms with Gasteiger partial charge in [0.15, 0.2) is 17.5 Å². The van der Waals surface area contributed by atoms with Gasteiger partial charge in [-0.15, -0.1) is 0 Å². The van der Waals surface area contributed by atoms with E-state index in [4.69, 9.17) is 15.0 Å². The highest BCUT2D eigenvalue weighted by atomic mass is 15.0. The van der Waals surface area contributed by atoms with Crippen molar-refractivity contribution in [2.45, 2.75) is 19.3 Å². The number of hydrogen-bond acceptors (Lipinski definition) is 4. The first-order valence-electron chi connectivity index (χ1n) is 22.7. The molecular weight excluding hydrogens is 817 g/mol. The number of nitrogens with zero attached hydrogens (tertiary/aromatic N) is 6. The SMILES string of the molecule is CC1(C)c2ccccc2-c2ccc(-n3c4ccccc4c4c3ccc3c5ccccc5n(-c5ccc(-c6nc(-c7ccccc7)nc(-c7ccccc7-c7ccccc7)n6)cc5C#N)c34)cc21. The molecule has 0 amide bonds. The molecule has 1 aliphatic carbocycles. The van der Waals surface area contributed by atoms with Crippen molar-refractivity contribution >= 4 is 43.6 Å². The summed E-state index contributed by atoms with van der Waals surface area (Å²) in [6.45, 7) is 4.67. The van der Waals surface area contributed by atoms with Crippen LogP contribution in [0.3, 0.4) is 0 Å². The van der Waals surface area contributed by atoms with Crippen molar-refractivity contribution < 1.29 is 0 Å². The minimum Gasteiger partial charge on any atom is -0.309 e. The Bertz CT molecular complexity index is 4020. The van der Waals surface area contributed by atoms with Crippen LogP contribution < -0.4 is 0 Å². The average molecular weight is 857 g/mol. The lowest BCUT2D eigenvalue weighted by molar-refractivity contribution is 0.660. The summed E-state index contributed by atoms with van der Waals surface area (Å²) < 4.78 is 4.71. The van der Waals surface area contributed by atoms with Gasteiger partial charge in [-0.25, -0.2) is 15.0 Å². The Morgan fingerprint density at radius 2 is 1.01 bits per heavy atom. The third-order valence-corrected chi connectivity index (χ3v) is 13.8. The molecule has 0 saturated heterocycles. The molecule has 0 aliphatic heterocycles. The second-order valence-electron chi connectivity index (χ2n) is 17.9. The summed E-state index contributed by atoms with van der Waals surface area (Å²) in [6.07, 6.45) is 0. The lowest BCUT2D eigenvalue weighted by Gasteiger charge is -2.22. The summed E-state index contributed by atoms with van der Waals surface area (Å²) in [4.78, 5) is 15.3. The van der Waals surface area contributed by atoms with Gasteiger partial charge in [-0.2, -0.15) is 5.26 Å². The van der Waals surface area contributed by atoms with Gasteiger partial charge in [-0.3, -0.25) is 0 Å². The molecule has 9 aromatic carbocycles. The fourth-order valence-electron chi connectivity index (χ4n) is 10.7. The maximum atomic E-state index is 11.2. The molecule has 6 nitrogen and oxygen atoms in total. The summed E-state index contributed by atoms with van der Waals surface area (Å²) in [7, 11) is 0. The van der Waals surface area contributed by atoms with Gasteiger partial charge >= 0.3 is 0 Å². The average Bonchev–Trinajstić information content (AvgIpc) is 3.99. The van der Waals surface area contributed by atoms with Crippen LogP contribution in [-0.4, -0.2) is 24.1 Å². The molecule has 1 aliphatic rings. The van der Waals surface area contributed by atoms with E-state index in [2.05, 4.69) is 163 Å². The Morgan fingerprint density at radius 1 is 0.418 bits per heavy atom. The van der Waals surface area contributed by atoms with Gasteiger partial charge in [0.2, 0.25) is 0 Å². The predicted molar refractivity (Wildman–Crippen MR) is 273 cm³/mol. The fraction of sp³-hybridized carbons (Fsp3) is 0.0492. The van der Waals surface area contributed by atoms with Crippen LogP contribution in [0.5, 0.6) is 0 Å². The normalized spacial score (nSPS) is 12.7. The topological polar surface area (TPSA) is 72.3 Å². The summed E-state index contributed by atoms with van der Waals surface area (Å²) >= 11 is 0. The van der Waals surface area contributed by atoms with Gasteiger partial charge < -0.3 is 9.13 Å². The third kappa shape index (κ3) is 5.85. The number of hydrogen-bond donors (Lipinski definition) is 0. The number of nitriles is 1. The van der Waals surface area contributed by atoms with Crippen molar-refractivity contribution in [2.75, 3.05) is 0 Å². The third-order valence-electron chi connectivity index (χ3n) is 13.8. The molecule has 0 unspecified atom stereocenters. The van der Waals surface area contributed by atoms with E-state index in [0.717, 1.165) is 82.8 Å². The highest BCUT2D eigenvalue weighted by molar-refractivity contribution is 6.26. The zero-order chi connectivity index (χ0) is 44.8. The number of rotatable bonds is 6. The van der Waals surface area contributed by atoms with E-state index < -0.39 is 0 Å². The van der Waals surface area contributed by atoms with E-state index in [-0.39, 0.29) is 5.41 Å². The Balaban J connectivity index is 1.02. The molecule has 3 aromatic heterocycles. The highest BCUT2D eigenvalue weighted by Crippen LogP contribution is 2.50. The van der Waals surface area contributed by atoms with Gasteiger partial charge in [0.25, 0.3) is 0 Å². The van der Waals surface area contributed by atoms with Crippen LogP contribution in [0.4, 0.5) is 0 Å². The van der Waals surface area contributed by atoms with E-state index in [1.165, 1.54) is 22.3 Å². The van der Waals surface area contributed by atoms with Crippen LogP contribution in [0.25, 0.3) is 111 Å². The number of benzene rings is 9. The highest BCUT2D eigenvalue weighted by Gasteiger charge is 2.35. The molecule has 0 saturated carbocycles. The molecule has 0 radical (unpaired) electrons. The summed E-state index contributed by atoms with van der Waals surface area (Å²) in [5, 5.41) is 15.7. The molecule has 0 spiro atoms. The van der Waals surface area contributed by atoms with E-state index in [0.29, 0.717) is 23.0 Å². The quantitative estimate of drug-likeness (QED) is 0.167. The number of fused-ring (bicyclic) bond motifs is 10. The molecule has 314 valence electrons. The monoisotopic (exact) mass is 856 g/mol. The van der Waals surface area contributed by atoms with Crippen LogP contribution in [-0.2, 0) is 5.41 Å². The zero-order valence-electron chi connectivity index (χ0n) is 36.8. The molecule has 3 heterocycles. The summed E-state index contributed by atoms with van der Waals surface area (Å²) in [6, 6.07) is 74.7. The van der Waals surface area contributed by atoms with Crippen LogP contribution in [0.1, 0.15) is 30.5 Å². The molecule has 6 heteroatoms. The Labute approximate surface area is 387 Å². The van der Waals surface area contributed by atoms with E-state index in [1.807, 2.05) is 72.8 Å². The van der Waals surface area contributed by atoms with E-state index in [9.17, 15) is 5.26 Å². The Morgan fingerprint density at radius 3 is 1.78 bits per heavy atom. The second-order valence-corrected chi connectivity index (χ2v) is 17.9. The van der Waals surface area contributed by atoms with Gasteiger partial charge in [-0.1, -0.05) is 172 Å². The maximum absolute atomic E-state index is 11.2. The molecule has 0 N–H and O–H groups in total. The van der Waals surface area contributed by atoms with Gasteiger partial charge in [0.05, 0.1) is 33.3 Å². The Hall–Kier alpha value is -8.92. The first-order valence-corrected chi connectivity index (χ1v) is 22.7. The van der Waals surface area contributed by atoms with Crippen LogP contribution in [0.2, 0.25) is 0 Å². The lowest BCUT2D eigenvalue weighted by Crippen LogP contribution is -2.15. The molecular formula is C61H40N6. The molecule has 13 rings (SSSR count). The minimum atomic E-state index is -0.140. The minimum absolute atomic E-state index is 0.140. The molecule has 12 aromatic rings. The van der Waals surface area contributed by atoms with Crippen molar-refractivity contribution in [1.29, 1.82) is 5.26 Å². The van der Waals surface area contributed by atoms with Crippen LogP contribution in [0.15, 0.2) is 206 Å². The predicted octanol–water partition coefficient (Wildman–Crippen LogP) is 14.9. The lowest BCUT2D eigenvalue weighted by atomic mass is 9.82. The van der Waals surface area contributed by atoms with Crippen molar-refractivity contribution in [3.8, 4) is 73.9 Å². The van der Waals surface area contributed by atoms with E-state index in [1.54, 1.807) is 0 Å². The summed E-state index contributed by atoms with van der Waals surface area (Å²) in [5.74, 6) is 1.61. The van der Waals surface area contributed by atoms with Crippen molar-refractivity contribution in [1.82, 2.24) is 24.1 Å². The second kappa shape index (κ2) is 14.8. The van der Waals surface area contributed by atoms with Crippen LogP contribution in [0, 0.1) is 11.3 Å². The molecule has 0 atom stereocenters. The van der Waals surface area contributed by atoms with Crippen LogP contribution >= 0.6 is 0 Å². The van der Waals surface area contributed by atoms with Crippen molar-refractivity contribution in [3.63, 3.8) is 0 Å². The molecule has 0 bridgehead atoms. The van der Waals surface area contributed by atoms with Gasteiger partial charge in [0.1, 0.15) is 6.07 Å². The largest absolute Gasteiger partial charge is 0.309 e. The molecule has 0 fully saturated rings.